The highest BCUT2D eigenvalue weighted by Crippen LogP contribution is 2.49. The molecule has 6 rings (SSSR count). The molecule has 3 aliphatic heterocycles. The summed E-state index contributed by atoms with van der Waals surface area (Å²) in [5.74, 6) is 1.66. The number of piperidine rings is 1. The van der Waals surface area contributed by atoms with E-state index in [9.17, 15) is 4.79 Å². The maximum absolute atomic E-state index is 14.4. The summed E-state index contributed by atoms with van der Waals surface area (Å²) in [6, 6.07) is 27.8. The SMILES string of the molecule is O=C([C@@H]1C[NH2+]C[C@]12CCOc1c(Br)cccc12)N1CC[C@@H](c2ccccc2)C[C@H]1c1ccccc1.[Cl-]. The van der Waals surface area contributed by atoms with Crippen molar-refractivity contribution < 1.29 is 27.3 Å². The summed E-state index contributed by atoms with van der Waals surface area (Å²) < 4.78 is 7.07. The van der Waals surface area contributed by atoms with E-state index in [4.69, 9.17) is 4.74 Å². The highest BCUT2D eigenvalue weighted by Gasteiger charge is 2.55. The molecule has 2 fully saturated rings. The zero-order valence-electron chi connectivity index (χ0n) is 20.3. The number of ether oxygens (including phenoxy) is 1. The molecule has 0 bridgehead atoms. The van der Waals surface area contributed by atoms with Crippen LogP contribution < -0.4 is 22.5 Å². The van der Waals surface area contributed by atoms with Gasteiger partial charge in [-0.3, -0.25) is 4.79 Å². The van der Waals surface area contributed by atoms with Gasteiger partial charge >= 0.3 is 0 Å². The molecular formula is C30H32BrClN2O2. The number of hydrogen-bond acceptors (Lipinski definition) is 2. The average molecular weight is 568 g/mol. The number of quaternary nitrogens is 1. The van der Waals surface area contributed by atoms with E-state index in [1.165, 1.54) is 16.7 Å². The van der Waals surface area contributed by atoms with Crippen LogP contribution in [0.15, 0.2) is 83.3 Å². The molecule has 0 saturated carbocycles. The van der Waals surface area contributed by atoms with E-state index in [1.807, 2.05) is 6.07 Å². The predicted octanol–water partition coefficient (Wildman–Crippen LogP) is 1.81. The molecule has 0 radical (unpaired) electrons. The monoisotopic (exact) mass is 566 g/mol. The number of rotatable bonds is 3. The van der Waals surface area contributed by atoms with E-state index in [2.05, 4.69) is 98.9 Å². The van der Waals surface area contributed by atoms with Crippen LogP contribution in [0.5, 0.6) is 5.75 Å². The molecule has 0 aliphatic carbocycles. The smallest absolute Gasteiger partial charge is 0.233 e. The molecule has 3 heterocycles. The second kappa shape index (κ2) is 10.6. The number of likely N-dealkylation sites (tertiary alicyclic amines) is 1. The standard InChI is InChI=1S/C30H31BrN2O2.ClH/c31-26-13-7-12-24-28(26)35-17-15-30(24)20-32-19-25(30)29(34)33-16-14-23(21-8-3-1-4-9-21)18-27(33)22-10-5-2-6-11-22;/h1-13,23,25,27,32H,14-20H2;1H/t23-,25+,27+,30+;/m1./s1. The Labute approximate surface area is 228 Å². The normalized spacial score (nSPS) is 27.1. The first-order chi connectivity index (χ1) is 17.2. The summed E-state index contributed by atoms with van der Waals surface area (Å²) in [7, 11) is 0. The Morgan fingerprint density at radius 3 is 2.44 bits per heavy atom. The van der Waals surface area contributed by atoms with Gasteiger partial charge in [-0.25, -0.2) is 0 Å². The molecule has 3 aromatic rings. The maximum atomic E-state index is 14.4. The predicted molar refractivity (Wildman–Crippen MR) is 140 cm³/mol. The quantitative estimate of drug-likeness (QED) is 0.525. The first kappa shape index (κ1) is 25.3. The maximum Gasteiger partial charge on any atom is 0.233 e. The minimum Gasteiger partial charge on any atom is -1.00 e. The number of carbonyl (C=O) groups excluding carboxylic acids is 1. The van der Waals surface area contributed by atoms with E-state index in [-0.39, 0.29) is 29.8 Å². The van der Waals surface area contributed by atoms with Crippen LogP contribution in [-0.4, -0.2) is 37.0 Å². The van der Waals surface area contributed by atoms with Crippen molar-refractivity contribution in [1.82, 2.24) is 4.90 Å². The number of nitrogens with two attached hydrogens (primary N) is 1. The van der Waals surface area contributed by atoms with E-state index in [1.54, 1.807) is 0 Å². The first-order valence-corrected chi connectivity index (χ1v) is 13.6. The Morgan fingerprint density at radius 2 is 1.69 bits per heavy atom. The summed E-state index contributed by atoms with van der Waals surface area (Å²) in [5, 5.41) is 2.34. The molecule has 0 aromatic heterocycles. The number of para-hydroxylation sites is 1. The third-order valence-corrected chi connectivity index (χ3v) is 9.14. The van der Waals surface area contributed by atoms with Crippen LogP contribution in [0.25, 0.3) is 0 Å². The molecule has 1 spiro atoms. The Morgan fingerprint density at radius 1 is 0.972 bits per heavy atom. The molecule has 4 nitrogen and oxygen atoms in total. The lowest BCUT2D eigenvalue weighted by molar-refractivity contribution is -0.640. The Hall–Kier alpha value is -2.34. The van der Waals surface area contributed by atoms with Gasteiger partial charge in [0.1, 0.15) is 11.7 Å². The van der Waals surface area contributed by atoms with Crippen LogP contribution >= 0.6 is 15.9 Å². The minimum absolute atomic E-state index is 0. The molecule has 6 heteroatoms. The number of amides is 1. The fraction of sp³-hybridized carbons (Fsp3) is 0.367. The van der Waals surface area contributed by atoms with Gasteiger partial charge in [0.05, 0.1) is 35.6 Å². The third-order valence-electron chi connectivity index (χ3n) is 8.51. The van der Waals surface area contributed by atoms with E-state index in [0.29, 0.717) is 18.4 Å². The van der Waals surface area contributed by atoms with Crippen molar-refractivity contribution in [3.8, 4) is 5.75 Å². The van der Waals surface area contributed by atoms with Crippen molar-refractivity contribution in [3.05, 3.63) is 100 Å². The second-order valence-electron chi connectivity index (χ2n) is 10.2. The van der Waals surface area contributed by atoms with Gasteiger partial charge in [-0.15, -0.1) is 0 Å². The lowest BCUT2D eigenvalue weighted by Crippen LogP contribution is -3.00. The number of fused-ring (bicyclic) bond motifs is 2. The second-order valence-corrected chi connectivity index (χ2v) is 11.1. The Bertz CT molecular complexity index is 1210. The molecule has 2 N–H and O–H groups in total. The van der Waals surface area contributed by atoms with E-state index < -0.39 is 0 Å². The minimum atomic E-state index is -0.175. The van der Waals surface area contributed by atoms with Gasteiger partial charge in [0.25, 0.3) is 0 Å². The molecule has 0 unspecified atom stereocenters. The van der Waals surface area contributed by atoms with Crippen molar-refractivity contribution >= 4 is 21.8 Å². The van der Waals surface area contributed by atoms with Crippen LogP contribution in [0.2, 0.25) is 0 Å². The van der Waals surface area contributed by atoms with E-state index in [0.717, 1.165) is 49.1 Å². The molecule has 4 atom stereocenters. The lowest BCUT2D eigenvalue weighted by atomic mass is 9.68. The molecule has 3 aliphatic rings. The number of benzene rings is 3. The summed E-state index contributed by atoms with van der Waals surface area (Å²) >= 11 is 3.68. The molecule has 3 aromatic carbocycles. The van der Waals surface area contributed by atoms with Gasteiger partial charge < -0.3 is 27.4 Å². The average Bonchev–Trinajstić information content (AvgIpc) is 3.33. The van der Waals surface area contributed by atoms with E-state index >= 15 is 0 Å². The molecule has 2 saturated heterocycles. The van der Waals surface area contributed by atoms with Gasteiger partial charge in [0, 0.05) is 12.1 Å². The molecule has 36 heavy (non-hydrogen) atoms. The lowest BCUT2D eigenvalue weighted by Gasteiger charge is -2.44. The zero-order chi connectivity index (χ0) is 23.8. The number of carbonyl (C=O) groups is 1. The van der Waals surface area contributed by atoms with Crippen molar-refractivity contribution in [2.45, 2.75) is 36.6 Å². The fourth-order valence-corrected chi connectivity index (χ4v) is 7.23. The van der Waals surface area contributed by atoms with Crippen LogP contribution in [-0.2, 0) is 10.2 Å². The highest BCUT2D eigenvalue weighted by atomic mass is 79.9. The van der Waals surface area contributed by atoms with Gasteiger partial charge in [-0.1, -0.05) is 72.8 Å². The fourth-order valence-electron chi connectivity index (χ4n) is 6.75. The zero-order valence-corrected chi connectivity index (χ0v) is 22.6. The highest BCUT2D eigenvalue weighted by molar-refractivity contribution is 9.10. The Balaban J connectivity index is 0.00000267. The Kier molecular flexibility index (Phi) is 7.43. The van der Waals surface area contributed by atoms with Gasteiger partial charge in [-0.2, -0.15) is 0 Å². The van der Waals surface area contributed by atoms with Crippen molar-refractivity contribution in [2.75, 3.05) is 26.2 Å². The summed E-state index contributed by atoms with van der Waals surface area (Å²) in [5.41, 5.74) is 3.65. The molecular weight excluding hydrogens is 536 g/mol. The van der Waals surface area contributed by atoms with Gasteiger partial charge in [-0.05, 0) is 58.3 Å². The number of nitrogens with zero attached hydrogens (tertiary/aromatic N) is 1. The summed E-state index contributed by atoms with van der Waals surface area (Å²) in [6.45, 7) is 3.23. The van der Waals surface area contributed by atoms with Crippen LogP contribution in [0.1, 0.15) is 47.9 Å². The van der Waals surface area contributed by atoms with Gasteiger partial charge in [0.2, 0.25) is 5.91 Å². The van der Waals surface area contributed by atoms with Crippen molar-refractivity contribution in [2.24, 2.45) is 5.92 Å². The van der Waals surface area contributed by atoms with Gasteiger partial charge in [0.15, 0.2) is 0 Å². The number of halogens is 2. The number of hydrogen-bond donors (Lipinski definition) is 1. The van der Waals surface area contributed by atoms with Crippen LogP contribution in [0.3, 0.4) is 0 Å². The topological polar surface area (TPSA) is 46.1 Å². The largest absolute Gasteiger partial charge is 1.00 e. The first-order valence-electron chi connectivity index (χ1n) is 12.8. The van der Waals surface area contributed by atoms with Crippen molar-refractivity contribution in [3.63, 3.8) is 0 Å². The third kappa shape index (κ3) is 4.36. The molecule has 1 amide bonds. The summed E-state index contributed by atoms with van der Waals surface area (Å²) in [4.78, 5) is 16.7. The van der Waals surface area contributed by atoms with Crippen LogP contribution in [0.4, 0.5) is 0 Å². The summed E-state index contributed by atoms with van der Waals surface area (Å²) in [6.07, 6.45) is 2.86. The van der Waals surface area contributed by atoms with Crippen LogP contribution in [0, 0.1) is 5.92 Å². The molecule has 188 valence electrons. The van der Waals surface area contributed by atoms with Crippen molar-refractivity contribution in [1.29, 1.82) is 0 Å².